The van der Waals surface area contributed by atoms with Gasteiger partial charge < -0.3 is 5.11 Å². The van der Waals surface area contributed by atoms with E-state index in [2.05, 4.69) is 0 Å². The average Bonchev–Trinajstić information content (AvgIpc) is 2.51. The number of hydrogen-bond donors (Lipinski definition) is 1. The van der Waals surface area contributed by atoms with Gasteiger partial charge in [0.2, 0.25) is 10.0 Å². The number of carbonyl (C=O) groups is 1. The summed E-state index contributed by atoms with van der Waals surface area (Å²) in [5, 5.41) is 10.6. The molecule has 0 saturated heterocycles. The van der Waals surface area contributed by atoms with Crippen LogP contribution in [0, 0.1) is 0 Å². The molecule has 0 atom stereocenters. The van der Waals surface area contributed by atoms with Crippen LogP contribution in [0.3, 0.4) is 0 Å². The summed E-state index contributed by atoms with van der Waals surface area (Å²) in [6.45, 7) is 1.75. The van der Waals surface area contributed by atoms with Crippen molar-refractivity contribution in [3.8, 4) is 0 Å². The Morgan fingerprint density at radius 2 is 1.82 bits per heavy atom. The molecule has 0 amide bonds. The van der Waals surface area contributed by atoms with E-state index in [-0.39, 0.29) is 25.1 Å². The fraction of sp³-hybridized carbons (Fsp3) is 0.312. The molecule has 0 saturated carbocycles. The number of carboxylic acids is 1. The van der Waals surface area contributed by atoms with Gasteiger partial charge in [0.1, 0.15) is 0 Å². The lowest BCUT2D eigenvalue weighted by atomic mass is 10.1. The van der Waals surface area contributed by atoms with Crippen molar-refractivity contribution in [2.75, 3.05) is 16.6 Å². The fourth-order valence-corrected chi connectivity index (χ4v) is 3.54. The summed E-state index contributed by atoms with van der Waals surface area (Å²) in [5.74, 6) is -0.949. The van der Waals surface area contributed by atoms with Gasteiger partial charge >= 0.3 is 5.97 Å². The van der Waals surface area contributed by atoms with Crippen LogP contribution in [-0.4, -0.2) is 31.8 Å². The number of anilines is 1. The van der Waals surface area contributed by atoms with Crippen LogP contribution >= 0.6 is 0 Å². The molecule has 0 aliphatic heterocycles. The first kappa shape index (κ1) is 16.3. The molecule has 118 valence electrons. The molecule has 2 rings (SSSR count). The lowest BCUT2D eigenvalue weighted by Gasteiger charge is -2.25. The van der Waals surface area contributed by atoms with Crippen molar-refractivity contribution in [3.63, 3.8) is 0 Å². The van der Waals surface area contributed by atoms with Crippen LogP contribution in [0.1, 0.15) is 19.8 Å². The first-order chi connectivity index (χ1) is 10.5. The van der Waals surface area contributed by atoms with Gasteiger partial charge in [0, 0.05) is 18.4 Å². The SMILES string of the molecule is CCS(=O)(=O)N(CCCC(=O)O)c1cccc2ccccc12. The topological polar surface area (TPSA) is 74.7 Å². The third-order valence-corrected chi connectivity index (χ3v) is 5.27. The van der Waals surface area contributed by atoms with Crippen LogP contribution in [0.15, 0.2) is 42.5 Å². The van der Waals surface area contributed by atoms with E-state index in [9.17, 15) is 13.2 Å². The molecular weight excluding hydrogens is 302 g/mol. The minimum absolute atomic E-state index is 0.0245. The smallest absolute Gasteiger partial charge is 0.303 e. The molecular formula is C16H19NO4S. The van der Waals surface area contributed by atoms with Crippen molar-refractivity contribution in [1.29, 1.82) is 0 Å². The molecule has 5 nitrogen and oxygen atoms in total. The summed E-state index contributed by atoms with van der Waals surface area (Å²) in [4.78, 5) is 10.7. The first-order valence-electron chi connectivity index (χ1n) is 7.15. The van der Waals surface area contributed by atoms with Crippen LogP contribution in [-0.2, 0) is 14.8 Å². The minimum atomic E-state index is -3.46. The number of carboxylic acid groups (broad SMARTS) is 1. The van der Waals surface area contributed by atoms with Gasteiger partial charge in [-0.05, 0) is 24.8 Å². The average molecular weight is 321 g/mol. The van der Waals surface area contributed by atoms with Crippen molar-refractivity contribution in [1.82, 2.24) is 0 Å². The molecule has 0 aliphatic carbocycles. The summed E-state index contributed by atoms with van der Waals surface area (Å²) >= 11 is 0. The molecule has 0 fully saturated rings. The number of benzene rings is 2. The standard InChI is InChI=1S/C16H19NO4S/c1-2-22(20,21)17(12-6-11-16(18)19)15-10-5-8-13-7-3-4-9-14(13)15/h3-5,7-10H,2,6,11-12H2,1H3,(H,18,19). The minimum Gasteiger partial charge on any atom is -0.481 e. The molecule has 2 aromatic carbocycles. The van der Waals surface area contributed by atoms with Crippen LogP contribution in [0.2, 0.25) is 0 Å². The Kier molecular flexibility index (Phi) is 5.03. The van der Waals surface area contributed by atoms with Gasteiger partial charge in [-0.1, -0.05) is 36.4 Å². The van der Waals surface area contributed by atoms with Gasteiger partial charge in [-0.3, -0.25) is 9.10 Å². The molecule has 0 bridgehead atoms. The second-order valence-corrected chi connectivity index (χ2v) is 7.15. The molecule has 1 N–H and O–H groups in total. The molecule has 0 unspecified atom stereocenters. The Balaban J connectivity index is 2.45. The largest absolute Gasteiger partial charge is 0.481 e. The summed E-state index contributed by atoms with van der Waals surface area (Å²) in [6.07, 6.45) is 0.221. The third kappa shape index (κ3) is 3.57. The monoisotopic (exact) mass is 321 g/mol. The highest BCUT2D eigenvalue weighted by atomic mass is 32.2. The van der Waals surface area contributed by atoms with Crippen LogP contribution in [0.4, 0.5) is 5.69 Å². The number of rotatable bonds is 7. The molecule has 0 aromatic heterocycles. The summed E-state index contributed by atoms with van der Waals surface area (Å²) in [6, 6.07) is 13.1. The number of nitrogens with zero attached hydrogens (tertiary/aromatic N) is 1. The Hall–Kier alpha value is -2.08. The zero-order chi connectivity index (χ0) is 16.2. The van der Waals surface area contributed by atoms with Gasteiger partial charge in [-0.25, -0.2) is 8.42 Å². The van der Waals surface area contributed by atoms with E-state index >= 15 is 0 Å². The van der Waals surface area contributed by atoms with E-state index in [1.54, 1.807) is 13.0 Å². The third-order valence-electron chi connectivity index (χ3n) is 3.49. The first-order valence-corrected chi connectivity index (χ1v) is 8.76. The molecule has 0 heterocycles. The van der Waals surface area contributed by atoms with Gasteiger partial charge in [0.25, 0.3) is 0 Å². The maximum atomic E-state index is 12.4. The summed E-state index contributed by atoms with van der Waals surface area (Å²) < 4.78 is 26.1. The van der Waals surface area contributed by atoms with E-state index in [4.69, 9.17) is 5.11 Å². The second kappa shape index (κ2) is 6.79. The molecule has 0 aliphatic rings. The fourth-order valence-electron chi connectivity index (χ4n) is 2.36. The maximum absolute atomic E-state index is 12.4. The van der Waals surface area contributed by atoms with Gasteiger partial charge in [-0.15, -0.1) is 0 Å². The zero-order valence-corrected chi connectivity index (χ0v) is 13.2. The Bertz CT molecular complexity index is 765. The Morgan fingerprint density at radius 3 is 2.50 bits per heavy atom. The summed E-state index contributed by atoms with van der Waals surface area (Å²) in [5.41, 5.74) is 0.602. The predicted molar refractivity (Wildman–Crippen MR) is 87.6 cm³/mol. The predicted octanol–water partition coefficient (Wildman–Crippen LogP) is 2.86. The second-order valence-electron chi connectivity index (χ2n) is 4.97. The number of sulfonamides is 1. The lowest BCUT2D eigenvalue weighted by molar-refractivity contribution is -0.137. The Labute approximate surface area is 130 Å². The molecule has 22 heavy (non-hydrogen) atoms. The highest BCUT2D eigenvalue weighted by Crippen LogP contribution is 2.29. The lowest BCUT2D eigenvalue weighted by Crippen LogP contribution is -2.33. The Morgan fingerprint density at radius 1 is 1.14 bits per heavy atom. The highest BCUT2D eigenvalue weighted by molar-refractivity contribution is 7.92. The maximum Gasteiger partial charge on any atom is 0.303 e. The number of aliphatic carboxylic acids is 1. The van der Waals surface area contributed by atoms with E-state index < -0.39 is 16.0 Å². The molecule has 2 aromatic rings. The van der Waals surface area contributed by atoms with Crippen molar-refractivity contribution < 1.29 is 18.3 Å². The number of fused-ring (bicyclic) bond motifs is 1. The van der Waals surface area contributed by atoms with E-state index in [0.29, 0.717) is 5.69 Å². The van der Waals surface area contributed by atoms with Crippen molar-refractivity contribution in [3.05, 3.63) is 42.5 Å². The van der Waals surface area contributed by atoms with E-state index in [1.165, 1.54) is 4.31 Å². The number of hydrogen-bond acceptors (Lipinski definition) is 3. The van der Waals surface area contributed by atoms with E-state index in [1.807, 2.05) is 36.4 Å². The van der Waals surface area contributed by atoms with Crippen molar-refractivity contribution in [2.45, 2.75) is 19.8 Å². The summed E-state index contributed by atoms with van der Waals surface area (Å²) in [7, 11) is -3.46. The van der Waals surface area contributed by atoms with Crippen LogP contribution in [0.25, 0.3) is 10.8 Å². The normalized spacial score (nSPS) is 11.5. The molecule has 0 spiro atoms. The zero-order valence-electron chi connectivity index (χ0n) is 12.4. The van der Waals surface area contributed by atoms with E-state index in [0.717, 1.165) is 10.8 Å². The quantitative estimate of drug-likeness (QED) is 0.851. The van der Waals surface area contributed by atoms with Gasteiger partial charge in [-0.2, -0.15) is 0 Å². The van der Waals surface area contributed by atoms with Crippen molar-refractivity contribution >= 4 is 32.5 Å². The molecule has 6 heteroatoms. The van der Waals surface area contributed by atoms with Crippen LogP contribution in [0.5, 0.6) is 0 Å². The molecule has 0 radical (unpaired) electrons. The van der Waals surface area contributed by atoms with Gasteiger partial charge in [0.15, 0.2) is 0 Å². The van der Waals surface area contributed by atoms with Crippen LogP contribution < -0.4 is 4.31 Å². The van der Waals surface area contributed by atoms with Gasteiger partial charge in [0.05, 0.1) is 11.4 Å². The van der Waals surface area contributed by atoms with Crippen molar-refractivity contribution in [2.24, 2.45) is 0 Å². The highest BCUT2D eigenvalue weighted by Gasteiger charge is 2.22.